The van der Waals surface area contributed by atoms with Crippen molar-refractivity contribution in [3.05, 3.63) is 0 Å². The molecule has 0 spiro atoms. The van der Waals surface area contributed by atoms with Gasteiger partial charge < -0.3 is 0 Å². The summed E-state index contributed by atoms with van der Waals surface area (Å²) in [4.78, 5) is 0. The standard InChI is InChI=1S/C7H12B/c1-5-4-7(5)8-6-2-3-6/h5-7H,2-4H2,1H3/t5?,7-/m0/s1. The molecule has 1 radical (unpaired) electrons. The Morgan fingerprint density at radius 1 is 1.38 bits per heavy atom. The lowest BCUT2D eigenvalue weighted by molar-refractivity contribution is 0.975. The minimum absolute atomic E-state index is 1.03. The highest BCUT2D eigenvalue weighted by Crippen LogP contribution is 2.50. The molecule has 0 aromatic carbocycles. The Labute approximate surface area is 51.9 Å². The summed E-state index contributed by atoms with van der Waals surface area (Å²) in [6.07, 6.45) is 4.46. The summed E-state index contributed by atoms with van der Waals surface area (Å²) in [5.41, 5.74) is 0. The van der Waals surface area contributed by atoms with Gasteiger partial charge in [-0.25, -0.2) is 0 Å². The second kappa shape index (κ2) is 1.52. The van der Waals surface area contributed by atoms with Crippen molar-refractivity contribution in [3.63, 3.8) is 0 Å². The largest absolute Gasteiger partial charge is 0.118 e. The molecule has 0 aromatic rings. The molecule has 2 saturated carbocycles. The third kappa shape index (κ3) is 0.912. The van der Waals surface area contributed by atoms with E-state index in [1.165, 1.54) is 19.3 Å². The average molecular weight is 107 g/mol. The Kier molecular flexibility index (Phi) is 0.932. The predicted octanol–water partition coefficient (Wildman–Crippen LogP) is 2.10. The Morgan fingerprint density at radius 3 is 2.38 bits per heavy atom. The van der Waals surface area contributed by atoms with Gasteiger partial charge in [0.2, 0.25) is 0 Å². The molecule has 0 amide bonds. The maximum atomic E-state index is 2.57. The monoisotopic (exact) mass is 107 g/mol. The van der Waals surface area contributed by atoms with Gasteiger partial charge in [-0.15, -0.1) is 0 Å². The Bertz CT molecular complexity index is 96.6. The van der Waals surface area contributed by atoms with E-state index >= 15 is 0 Å². The maximum Gasteiger partial charge on any atom is 0.118 e. The summed E-state index contributed by atoms with van der Waals surface area (Å²) in [5.74, 6) is 3.11. The van der Waals surface area contributed by atoms with Crippen LogP contribution in [-0.4, -0.2) is 7.28 Å². The molecule has 0 aromatic heterocycles. The predicted molar refractivity (Wildman–Crippen MR) is 36.3 cm³/mol. The van der Waals surface area contributed by atoms with E-state index in [-0.39, 0.29) is 0 Å². The van der Waals surface area contributed by atoms with Gasteiger partial charge in [0, 0.05) is 0 Å². The molecule has 2 aliphatic rings. The van der Waals surface area contributed by atoms with E-state index in [4.69, 9.17) is 0 Å². The second-order valence-corrected chi connectivity index (χ2v) is 3.41. The van der Waals surface area contributed by atoms with Crippen LogP contribution in [0.2, 0.25) is 11.6 Å². The van der Waals surface area contributed by atoms with Crippen molar-refractivity contribution in [2.45, 2.75) is 37.8 Å². The van der Waals surface area contributed by atoms with Crippen molar-refractivity contribution in [2.75, 3.05) is 0 Å². The smallest absolute Gasteiger partial charge is 0.0686 e. The summed E-state index contributed by atoms with van der Waals surface area (Å²) in [7, 11) is 2.57. The van der Waals surface area contributed by atoms with Crippen molar-refractivity contribution < 1.29 is 0 Å². The molecular weight excluding hydrogens is 94.9 g/mol. The molecule has 0 heterocycles. The molecule has 43 valence electrons. The third-order valence-electron chi connectivity index (χ3n) is 2.31. The summed E-state index contributed by atoms with van der Waals surface area (Å²) in [6.45, 7) is 2.35. The van der Waals surface area contributed by atoms with E-state index in [0.29, 0.717) is 0 Å². The topological polar surface area (TPSA) is 0 Å². The van der Waals surface area contributed by atoms with E-state index in [0.717, 1.165) is 17.6 Å². The van der Waals surface area contributed by atoms with Crippen molar-refractivity contribution in [1.82, 2.24) is 0 Å². The van der Waals surface area contributed by atoms with Gasteiger partial charge in [-0.3, -0.25) is 0 Å². The Hall–Kier alpha value is 0.0649. The summed E-state index contributed by atoms with van der Waals surface area (Å²) in [6, 6.07) is 0. The fraction of sp³-hybridized carbons (Fsp3) is 1.00. The molecule has 0 N–H and O–H groups in total. The van der Waals surface area contributed by atoms with Crippen LogP contribution in [0.5, 0.6) is 0 Å². The van der Waals surface area contributed by atoms with E-state index in [2.05, 4.69) is 14.2 Å². The van der Waals surface area contributed by atoms with Crippen LogP contribution in [0.15, 0.2) is 0 Å². The molecule has 0 saturated heterocycles. The molecule has 2 rings (SSSR count). The van der Waals surface area contributed by atoms with Gasteiger partial charge in [0.05, 0.1) is 0 Å². The van der Waals surface area contributed by atoms with Crippen LogP contribution in [0.4, 0.5) is 0 Å². The molecule has 0 bridgehead atoms. The quantitative estimate of drug-likeness (QED) is 0.474. The number of hydrogen-bond donors (Lipinski definition) is 0. The van der Waals surface area contributed by atoms with Crippen molar-refractivity contribution >= 4 is 7.28 Å². The SMILES string of the molecule is CC1C[C@@H]1[B]C1CC1. The average Bonchev–Trinajstić information content (AvgIpc) is 2.52. The van der Waals surface area contributed by atoms with E-state index < -0.39 is 0 Å². The van der Waals surface area contributed by atoms with Gasteiger partial charge in [0.25, 0.3) is 0 Å². The molecule has 2 aliphatic carbocycles. The lowest BCUT2D eigenvalue weighted by Crippen LogP contribution is -1.86. The first-order chi connectivity index (χ1) is 3.86. The first kappa shape index (κ1) is 4.90. The fourth-order valence-electron chi connectivity index (χ4n) is 1.26. The normalized spacial score (nSPS) is 44.1. The molecule has 0 nitrogen and oxygen atoms in total. The van der Waals surface area contributed by atoms with Crippen LogP contribution in [0.3, 0.4) is 0 Å². The zero-order chi connectivity index (χ0) is 5.56. The molecule has 2 fully saturated rings. The molecular formula is C7H12B. The molecule has 8 heavy (non-hydrogen) atoms. The van der Waals surface area contributed by atoms with Crippen LogP contribution >= 0.6 is 0 Å². The van der Waals surface area contributed by atoms with Crippen LogP contribution in [0.1, 0.15) is 26.2 Å². The van der Waals surface area contributed by atoms with Gasteiger partial charge in [0.15, 0.2) is 0 Å². The fourth-order valence-corrected chi connectivity index (χ4v) is 1.26. The number of hydrogen-bond acceptors (Lipinski definition) is 0. The zero-order valence-electron chi connectivity index (χ0n) is 5.43. The van der Waals surface area contributed by atoms with E-state index in [1.54, 1.807) is 0 Å². The summed E-state index contributed by atoms with van der Waals surface area (Å²) in [5, 5.41) is 0. The first-order valence-corrected chi connectivity index (χ1v) is 3.71. The maximum absolute atomic E-state index is 2.57. The van der Waals surface area contributed by atoms with Gasteiger partial charge in [-0.05, 0) is 5.92 Å². The zero-order valence-corrected chi connectivity index (χ0v) is 5.43. The van der Waals surface area contributed by atoms with Gasteiger partial charge in [-0.2, -0.15) is 0 Å². The van der Waals surface area contributed by atoms with Crippen LogP contribution in [0, 0.1) is 5.92 Å². The molecule has 2 atom stereocenters. The van der Waals surface area contributed by atoms with Crippen molar-refractivity contribution in [1.29, 1.82) is 0 Å². The van der Waals surface area contributed by atoms with E-state index in [1.807, 2.05) is 0 Å². The van der Waals surface area contributed by atoms with Crippen molar-refractivity contribution in [3.8, 4) is 0 Å². The lowest BCUT2D eigenvalue weighted by Gasteiger charge is -1.86. The van der Waals surface area contributed by atoms with Gasteiger partial charge in [0.1, 0.15) is 7.28 Å². The molecule has 1 unspecified atom stereocenters. The lowest BCUT2D eigenvalue weighted by atomic mass is 9.66. The third-order valence-corrected chi connectivity index (χ3v) is 2.31. The molecule has 0 aliphatic heterocycles. The second-order valence-electron chi connectivity index (χ2n) is 3.41. The molecule has 1 heteroatoms. The Balaban J connectivity index is 1.69. The van der Waals surface area contributed by atoms with Gasteiger partial charge >= 0.3 is 0 Å². The van der Waals surface area contributed by atoms with Crippen LogP contribution in [-0.2, 0) is 0 Å². The van der Waals surface area contributed by atoms with Gasteiger partial charge in [-0.1, -0.05) is 37.8 Å². The Morgan fingerprint density at radius 2 is 2.00 bits per heavy atom. The summed E-state index contributed by atoms with van der Waals surface area (Å²) < 4.78 is 0. The summed E-state index contributed by atoms with van der Waals surface area (Å²) >= 11 is 0. The highest BCUT2D eigenvalue weighted by atomic mass is 14.3. The van der Waals surface area contributed by atoms with Crippen LogP contribution in [0.25, 0.3) is 0 Å². The van der Waals surface area contributed by atoms with Crippen LogP contribution < -0.4 is 0 Å². The highest BCUT2D eigenvalue weighted by Gasteiger charge is 2.37. The highest BCUT2D eigenvalue weighted by molar-refractivity contribution is 6.42. The minimum Gasteiger partial charge on any atom is -0.0686 e. The first-order valence-electron chi connectivity index (χ1n) is 3.71. The van der Waals surface area contributed by atoms with E-state index in [9.17, 15) is 0 Å². The number of rotatable bonds is 2. The van der Waals surface area contributed by atoms with Crippen molar-refractivity contribution in [2.24, 2.45) is 5.92 Å². The minimum atomic E-state index is 1.03.